The molecule has 0 N–H and O–H groups in total. The summed E-state index contributed by atoms with van der Waals surface area (Å²) in [7, 11) is 3.24. The standard InChI is InChI=1S/C20H27N5O3S/c1-12-6-5-7-14-15(12)16-18-22-17(23-25(18)13(2)21-19(16)29-14)20(26)24(8-10-27-3)9-11-28-4/h12H,5-11H2,1-4H3. The Morgan fingerprint density at radius 2 is 1.97 bits per heavy atom. The largest absolute Gasteiger partial charge is 0.383 e. The molecule has 0 saturated carbocycles. The van der Waals surface area contributed by atoms with Gasteiger partial charge in [0.2, 0.25) is 5.82 Å². The topological polar surface area (TPSA) is 81.9 Å². The molecule has 1 unspecified atom stereocenters. The molecule has 0 bridgehead atoms. The lowest BCUT2D eigenvalue weighted by atomic mass is 9.87. The monoisotopic (exact) mass is 417 g/mol. The van der Waals surface area contributed by atoms with Gasteiger partial charge < -0.3 is 14.4 Å². The van der Waals surface area contributed by atoms with E-state index in [4.69, 9.17) is 19.4 Å². The number of aryl methyl sites for hydroxylation is 2. The van der Waals surface area contributed by atoms with Crippen LogP contribution in [-0.4, -0.2) is 70.9 Å². The maximum absolute atomic E-state index is 13.1. The van der Waals surface area contributed by atoms with Gasteiger partial charge in [-0.3, -0.25) is 4.79 Å². The molecule has 3 heterocycles. The highest BCUT2D eigenvalue weighted by molar-refractivity contribution is 7.19. The molecule has 1 atom stereocenters. The zero-order valence-electron chi connectivity index (χ0n) is 17.4. The van der Waals surface area contributed by atoms with E-state index in [1.807, 2.05) is 6.92 Å². The molecule has 3 aromatic heterocycles. The number of nitrogens with zero attached hydrogens (tertiary/aromatic N) is 5. The van der Waals surface area contributed by atoms with Crippen LogP contribution >= 0.6 is 11.3 Å². The van der Waals surface area contributed by atoms with E-state index in [0.29, 0.717) is 32.2 Å². The van der Waals surface area contributed by atoms with Crippen LogP contribution < -0.4 is 0 Å². The van der Waals surface area contributed by atoms with E-state index in [2.05, 4.69) is 12.0 Å². The summed E-state index contributed by atoms with van der Waals surface area (Å²) >= 11 is 1.76. The molecule has 1 aliphatic rings. The van der Waals surface area contributed by atoms with Gasteiger partial charge in [0.05, 0.1) is 18.6 Å². The number of methoxy groups -OCH3 is 2. The van der Waals surface area contributed by atoms with Crippen LogP contribution in [0.25, 0.3) is 15.9 Å². The first-order chi connectivity index (χ1) is 14.0. The Labute approximate surface area is 173 Å². The van der Waals surface area contributed by atoms with E-state index in [1.54, 1.807) is 35.0 Å². The smallest absolute Gasteiger partial charge is 0.293 e. The molecule has 0 saturated heterocycles. The van der Waals surface area contributed by atoms with E-state index in [0.717, 1.165) is 28.1 Å². The number of ether oxygens (including phenoxy) is 2. The Morgan fingerprint density at radius 1 is 1.24 bits per heavy atom. The minimum absolute atomic E-state index is 0.193. The van der Waals surface area contributed by atoms with Crippen LogP contribution in [0, 0.1) is 6.92 Å². The number of carbonyl (C=O) groups is 1. The number of rotatable bonds is 7. The second-order valence-electron chi connectivity index (χ2n) is 7.52. The summed E-state index contributed by atoms with van der Waals surface area (Å²) in [6, 6.07) is 0. The van der Waals surface area contributed by atoms with Gasteiger partial charge in [0.15, 0.2) is 5.65 Å². The molecule has 0 fully saturated rings. The predicted molar refractivity (Wildman–Crippen MR) is 112 cm³/mol. The molecular formula is C20H27N5O3S. The second kappa shape index (κ2) is 8.33. The highest BCUT2D eigenvalue weighted by Gasteiger charge is 2.28. The average Bonchev–Trinajstić information content (AvgIpc) is 3.30. The Kier molecular flexibility index (Phi) is 5.80. The van der Waals surface area contributed by atoms with Gasteiger partial charge >= 0.3 is 0 Å². The Bertz CT molecular complexity index is 1040. The van der Waals surface area contributed by atoms with Crippen LogP contribution in [0.3, 0.4) is 0 Å². The highest BCUT2D eigenvalue weighted by Crippen LogP contribution is 2.42. The average molecular weight is 418 g/mol. The highest BCUT2D eigenvalue weighted by atomic mass is 32.1. The van der Waals surface area contributed by atoms with Gasteiger partial charge in [-0.15, -0.1) is 16.4 Å². The van der Waals surface area contributed by atoms with Crippen LogP contribution in [-0.2, 0) is 15.9 Å². The van der Waals surface area contributed by atoms with Crippen molar-refractivity contribution >= 4 is 33.1 Å². The summed E-state index contributed by atoms with van der Waals surface area (Å²) < 4.78 is 12.0. The quantitative estimate of drug-likeness (QED) is 0.588. The van der Waals surface area contributed by atoms with Crippen molar-refractivity contribution in [2.45, 2.75) is 39.0 Å². The summed E-state index contributed by atoms with van der Waals surface area (Å²) in [5.41, 5.74) is 2.08. The normalized spacial score (nSPS) is 16.5. The van der Waals surface area contributed by atoms with Crippen LogP contribution in [0.2, 0.25) is 0 Å². The van der Waals surface area contributed by atoms with Crippen molar-refractivity contribution in [1.29, 1.82) is 0 Å². The Balaban J connectivity index is 1.80. The maximum Gasteiger partial charge on any atom is 0.293 e. The first-order valence-electron chi connectivity index (χ1n) is 10.0. The van der Waals surface area contributed by atoms with Crippen LogP contribution in [0.4, 0.5) is 0 Å². The van der Waals surface area contributed by atoms with Crippen molar-refractivity contribution < 1.29 is 14.3 Å². The van der Waals surface area contributed by atoms with Crippen molar-refractivity contribution in [2.24, 2.45) is 0 Å². The number of carbonyl (C=O) groups excluding carboxylic acids is 1. The van der Waals surface area contributed by atoms with E-state index in [-0.39, 0.29) is 11.7 Å². The van der Waals surface area contributed by atoms with Gasteiger partial charge in [-0.05, 0) is 37.7 Å². The third-order valence-corrected chi connectivity index (χ3v) is 6.71. The molecule has 0 radical (unpaired) electrons. The van der Waals surface area contributed by atoms with Gasteiger partial charge in [-0.25, -0.2) is 9.97 Å². The van der Waals surface area contributed by atoms with Crippen molar-refractivity contribution in [3.63, 3.8) is 0 Å². The van der Waals surface area contributed by atoms with Gasteiger partial charge in [0.25, 0.3) is 5.91 Å². The van der Waals surface area contributed by atoms with Gasteiger partial charge in [0, 0.05) is 32.2 Å². The molecule has 1 amide bonds. The first-order valence-corrected chi connectivity index (χ1v) is 10.8. The molecule has 0 aliphatic heterocycles. The molecule has 8 nitrogen and oxygen atoms in total. The molecule has 156 valence electrons. The number of fused-ring (bicyclic) bond motifs is 5. The minimum Gasteiger partial charge on any atom is -0.383 e. The number of hydrogen-bond donors (Lipinski definition) is 0. The SMILES string of the molecule is COCCN(CCOC)C(=O)c1nc2c3c4c(sc3nc(C)n2n1)CCCC4C. The first kappa shape index (κ1) is 20.2. The number of aromatic nitrogens is 4. The molecule has 4 rings (SSSR count). The number of thiophene rings is 1. The van der Waals surface area contributed by atoms with Crippen LogP contribution in [0.15, 0.2) is 0 Å². The number of amides is 1. The molecule has 29 heavy (non-hydrogen) atoms. The van der Waals surface area contributed by atoms with E-state index >= 15 is 0 Å². The van der Waals surface area contributed by atoms with Crippen molar-refractivity contribution in [1.82, 2.24) is 24.5 Å². The third-order valence-electron chi connectivity index (χ3n) is 5.55. The molecule has 0 spiro atoms. The Hall–Kier alpha value is -2.10. The van der Waals surface area contributed by atoms with Crippen LogP contribution in [0.5, 0.6) is 0 Å². The lowest BCUT2D eigenvalue weighted by Crippen LogP contribution is -2.37. The molecule has 1 aliphatic carbocycles. The number of hydrogen-bond acceptors (Lipinski definition) is 7. The van der Waals surface area contributed by atoms with Crippen molar-refractivity contribution in [3.05, 3.63) is 22.1 Å². The summed E-state index contributed by atoms with van der Waals surface area (Å²) in [4.78, 5) is 26.7. The fourth-order valence-corrected chi connectivity index (χ4v) is 5.41. The van der Waals surface area contributed by atoms with E-state index in [1.165, 1.54) is 23.3 Å². The Morgan fingerprint density at radius 3 is 2.66 bits per heavy atom. The fraction of sp³-hybridized carbons (Fsp3) is 0.600. The van der Waals surface area contributed by atoms with Crippen molar-refractivity contribution in [3.8, 4) is 0 Å². The lowest BCUT2D eigenvalue weighted by Gasteiger charge is -2.20. The second-order valence-corrected chi connectivity index (χ2v) is 8.60. The van der Waals surface area contributed by atoms with Crippen molar-refractivity contribution in [2.75, 3.05) is 40.5 Å². The van der Waals surface area contributed by atoms with E-state index < -0.39 is 0 Å². The predicted octanol–water partition coefficient (Wildman–Crippen LogP) is 2.82. The van der Waals surface area contributed by atoms with Gasteiger partial charge in [-0.1, -0.05) is 6.92 Å². The molecule has 9 heteroatoms. The fourth-order valence-electron chi connectivity index (χ4n) is 4.04. The molecular weight excluding hydrogens is 390 g/mol. The van der Waals surface area contributed by atoms with Crippen LogP contribution in [0.1, 0.15) is 52.6 Å². The van der Waals surface area contributed by atoms with E-state index in [9.17, 15) is 4.79 Å². The van der Waals surface area contributed by atoms with Gasteiger partial charge in [0.1, 0.15) is 10.7 Å². The van der Waals surface area contributed by atoms with Gasteiger partial charge in [-0.2, -0.15) is 4.52 Å². The lowest BCUT2D eigenvalue weighted by molar-refractivity contribution is 0.0616. The zero-order chi connectivity index (χ0) is 20.5. The molecule has 0 aromatic carbocycles. The third kappa shape index (κ3) is 3.62. The minimum atomic E-state index is -0.215. The summed E-state index contributed by atoms with van der Waals surface area (Å²) in [5, 5.41) is 5.59. The zero-order valence-corrected chi connectivity index (χ0v) is 18.2. The summed E-state index contributed by atoms with van der Waals surface area (Å²) in [6.45, 7) is 6.00. The maximum atomic E-state index is 13.1. The summed E-state index contributed by atoms with van der Waals surface area (Å²) in [6.07, 6.45) is 3.47. The molecule has 3 aromatic rings. The summed E-state index contributed by atoms with van der Waals surface area (Å²) in [5.74, 6) is 1.19.